The van der Waals surface area contributed by atoms with Crippen LogP contribution in [0.15, 0.2) is 97.1 Å². The minimum atomic E-state index is 0.518. The Hall–Kier alpha value is -3.83. The molecule has 0 saturated carbocycles. The first-order chi connectivity index (χ1) is 13.8. The summed E-state index contributed by atoms with van der Waals surface area (Å²) in [5.41, 5.74) is 3.70. The first-order valence-corrected chi connectivity index (χ1v) is 9.20. The second-order valence-electron chi connectivity index (χ2n) is 6.53. The van der Waals surface area contributed by atoms with Gasteiger partial charge in [0.2, 0.25) is 0 Å². The predicted octanol–water partition coefficient (Wildman–Crippen LogP) is 6.48. The van der Waals surface area contributed by atoms with Gasteiger partial charge >= 0.3 is 0 Å². The lowest BCUT2D eigenvalue weighted by molar-refractivity contribution is 0.307. The molecule has 0 heterocycles. The van der Waals surface area contributed by atoms with E-state index in [1.807, 2.05) is 72.8 Å². The van der Waals surface area contributed by atoms with Gasteiger partial charge in [-0.1, -0.05) is 84.9 Å². The number of ether oxygens (including phenoxy) is 1. The predicted molar refractivity (Wildman–Crippen MR) is 115 cm³/mol. The van der Waals surface area contributed by atoms with E-state index >= 15 is 0 Å². The molecule has 2 heteroatoms. The topological polar surface area (TPSA) is 33.0 Å². The van der Waals surface area contributed by atoms with Crippen molar-refractivity contribution in [3.05, 3.63) is 114 Å². The Bertz CT molecular complexity index is 1150. The summed E-state index contributed by atoms with van der Waals surface area (Å²) in [6, 6.07) is 34.4. The van der Waals surface area contributed by atoms with Crippen molar-refractivity contribution >= 4 is 22.4 Å². The number of hydrogen-bond donors (Lipinski definition) is 0. The molecule has 0 saturated heterocycles. The van der Waals surface area contributed by atoms with Crippen molar-refractivity contribution in [2.45, 2.75) is 6.61 Å². The van der Waals surface area contributed by atoms with Gasteiger partial charge in [-0.15, -0.1) is 0 Å². The molecule has 0 bridgehead atoms. The largest absolute Gasteiger partial charge is 0.489 e. The lowest BCUT2D eigenvalue weighted by Gasteiger charge is -2.09. The van der Waals surface area contributed by atoms with E-state index < -0.39 is 0 Å². The normalized spacial score (nSPS) is 11.2. The minimum absolute atomic E-state index is 0.518. The molecule has 2 nitrogen and oxygen atoms in total. The Labute approximate surface area is 165 Å². The first-order valence-electron chi connectivity index (χ1n) is 9.20. The average Bonchev–Trinajstić information content (AvgIpc) is 2.77. The fourth-order valence-electron chi connectivity index (χ4n) is 3.20. The molecule has 0 spiro atoms. The fourth-order valence-corrected chi connectivity index (χ4v) is 3.20. The number of fused-ring (bicyclic) bond motifs is 1. The third-order valence-electron chi connectivity index (χ3n) is 4.67. The number of nitrogens with zero attached hydrogens (tertiary/aromatic N) is 1. The zero-order valence-electron chi connectivity index (χ0n) is 15.4. The second-order valence-corrected chi connectivity index (χ2v) is 6.53. The molecule has 4 aromatic carbocycles. The molecular weight excluding hydrogens is 342 g/mol. The highest BCUT2D eigenvalue weighted by Crippen LogP contribution is 2.22. The van der Waals surface area contributed by atoms with E-state index in [4.69, 9.17) is 4.74 Å². The van der Waals surface area contributed by atoms with Crippen molar-refractivity contribution in [1.82, 2.24) is 0 Å². The van der Waals surface area contributed by atoms with Crippen LogP contribution in [-0.4, -0.2) is 0 Å². The summed E-state index contributed by atoms with van der Waals surface area (Å²) in [6.07, 6.45) is 1.89. The molecule has 0 atom stereocenters. The third kappa shape index (κ3) is 3.95. The van der Waals surface area contributed by atoms with Crippen LogP contribution < -0.4 is 4.74 Å². The van der Waals surface area contributed by atoms with Crippen molar-refractivity contribution in [3.8, 4) is 11.8 Å². The van der Waals surface area contributed by atoms with E-state index in [0.29, 0.717) is 12.2 Å². The van der Waals surface area contributed by atoms with Gasteiger partial charge in [0.05, 0.1) is 11.6 Å². The molecule has 0 aliphatic rings. The molecule has 0 aliphatic carbocycles. The van der Waals surface area contributed by atoms with Gasteiger partial charge in [0.15, 0.2) is 0 Å². The maximum Gasteiger partial charge on any atom is 0.119 e. The van der Waals surface area contributed by atoms with Crippen LogP contribution in [0.1, 0.15) is 16.7 Å². The zero-order chi connectivity index (χ0) is 19.2. The minimum Gasteiger partial charge on any atom is -0.489 e. The van der Waals surface area contributed by atoms with Crippen molar-refractivity contribution in [2.75, 3.05) is 0 Å². The van der Waals surface area contributed by atoms with E-state index in [1.165, 1.54) is 10.8 Å². The molecule has 0 unspecified atom stereocenters. The number of hydrogen-bond acceptors (Lipinski definition) is 2. The summed E-state index contributed by atoms with van der Waals surface area (Å²) in [4.78, 5) is 0. The van der Waals surface area contributed by atoms with Crippen molar-refractivity contribution < 1.29 is 4.74 Å². The van der Waals surface area contributed by atoms with E-state index in [9.17, 15) is 5.26 Å². The molecule has 134 valence electrons. The molecule has 28 heavy (non-hydrogen) atoms. The summed E-state index contributed by atoms with van der Waals surface area (Å²) >= 11 is 0. The summed E-state index contributed by atoms with van der Waals surface area (Å²) < 4.78 is 5.99. The molecule has 0 aliphatic heterocycles. The quantitative estimate of drug-likeness (QED) is 0.301. The highest BCUT2D eigenvalue weighted by atomic mass is 16.5. The van der Waals surface area contributed by atoms with E-state index in [2.05, 4.69) is 36.4 Å². The SMILES string of the molecule is N#C/C(=C/c1ccc(OCc2cccc3ccccc23)cc1)c1ccccc1. The monoisotopic (exact) mass is 361 g/mol. The van der Waals surface area contributed by atoms with Crippen LogP contribution in [-0.2, 0) is 6.61 Å². The van der Waals surface area contributed by atoms with Gasteiger partial charge in [-0.05, 0) is 45.7 Å². The van der Waals surface area contributed by atoms with Crippen LogP contribution in [0.3, 0.4) is 0 Å². The summed E-state index contributed by atoms with van der Waals surface area (Å²) in [5.74, 6) is 0.809. The summed E-state index contributed by atoms with van der Waals surface area (Å²) in [7, 11) is 0. The summed E-state index contributed by atoms with van der Waals surface area (Å²) in [5, 5.41) is 11.9. The van der Waals surface area contributed by atoms with Crippen LogP contribution >= 0.6 is 0 Å². The molecule has 4 rings (SSSR count). The van der Waals surface area contributed by atoms with Gasteiger partial charge in [-0.25, -0.2) is 0 Å². The van der Waals surface area contributed by atoms with Crippen LogP contribution in [0.25, 0.3) is 22.4 Å². The van der Waals surface area contributed by atoms with Gasteiger partial charge in [0.1, 0.15) is 12.4 Å². The second kappa shape index (κ2) is 8.24. The number of benzene rings is 4. The van der Waals surface area contributed by atoms with Gasteiger partial charge < -0.3 is 4.74 Å². The summed E-state index contributed by atoms with van der Waals surface area (Å²) in [6.45, 7) is 0.518. The van der Waals surface area contributed by atoms with E-state index in [0.717, 1.165) is 22.4 Å². The van der Waals surface area contributed by atoms with Gasteiger partial charge in [0.25, 0.3) is 0 Å². The molecule has 4 aromatic rings. The van der Waals surface area contributed by atoms with Crippen LogP contribution in [0.4, 0.5) is 0 Å². The van der Waals surface area contributed by atoms with Crippen molar-refractivity contribution in [1.29, 1.82) is 5.26 Å². The standard InChI is InChI=1S/C26H19NO/c27-18-24(21-7-2-1-3-8-21)17-20-13-15-25(16-14-20)28-19-23-11-6-10-22-9-4-5-12-26(22)23/h1-17H,19H2/b24-17-. The first kappa shape index (κ1) is 17.6. The molecule has 0 amide bonds. The maximum atomic E-state index is 9.45. The van der Waals surface area contributed by atoms with Gasteiger partial charge in [0, 0.05) is 0 Å². The van der Waals surface area contributed by atoms with Gasteiger partial charge in [-0.3, -0.25) is 0 Å². The molecule has 0 aromatic heterocycles. The number of allylic oxidation sites excluding steroid dienone is 1. The maximum absolute atomic E-state index is 9.45. The Morgan fingerprint density at radius 1 is 0.786 bits per heavy atom. The Morgan fingerprint density at radius 3 is 2.29 bits per heavy atom. The molecule has 0 N–H and O–H groups in total. The van der Waals surface area contributed by atoms with Crippen LogP contribution in [0, 0.1) is 11.3 Å². The lowest BCUT2D eigenvalue weighted by atomic mass is 10.0. The van der Waals surface area contributed by atoms with Crippen molar-refractivity contribution in [3.63, 3.8) is 0 Å². The molecule has 0 fully saturated rings. The lowest BCUT2D eigenvalue weighted by Crippen LogP contribution is -1.96. The third-order valence-corrected chi connectivity index (χ3v) is 4.67. The highest BCUT2D eigenvalue weighted by Gasteiger charge is 2.03. The molecular formula is C26H19NO. The highest BCUT2D eigenvalue weighted by molar-refractivity contribution is 5.89. The number of nitriles is 1. The van der Waals surface area contributed by atoms with E-state index in [-0.39, 0.29) is 0 Å². The Balaban J connectivity index is 1.49. The number of rotatable bonds is 5. The molecule has 0 radical (unpaired) electrons. The fraction of sp³-hybridized carbons (Fsp3) is 0.0385. The van der Waals surface area contributed by atoms with Crippen molar-refractivity contribution in [2.24, 2.45) is 0 Å². The average molecular weight is 361 g/mol. The van der Waals surface area contributed by atoms with Crippen LogP contribution in [0.2, 0.25) is 0 Å². The van der Waals surface area contributed by atoms with E-state index in [1.54, 1.807) is 0 Å². The zero-order valence-corrected chi connectivity index (χ0v) is 15.4. The van der Waals surface area contributed by atoms with Gasteiger partial charge in [-0.2, -0.15) is 5.26 Å². The van der Waals surface area contributed by atoms with Crippen LogP contribution in [0.5, 0.6) is 5.75 Å². The Morgan fingerprint density at radius 2 is 1.50 bits per heavy atom. The Kier molecular flexibility index (Phi) is 5.17. The smallest absolute Gasteiger partial charge is 0.119 e.